The standard InChI is InChI=1S/C17H20N4/c1-3-21-17-7-5-4-6-15(17)16(20-21)12-18-10-14-9-8-13(2)19-11-14/h4-9,11,18H,3,10,12H2,1-2H3. The average Bonchev–Trinajstić information content (AvgIpc) is 2.88. The van der Waals surface area contributed by atoms with Crippen LogP contribution in [0.15, 0.2) is 42.6 Å². The molecule has 3 aromatic rings. The van der Waals surface area contributed by atoms with Gasteiger partial charge in [0.2, 0.25) is 0 Å². The first-order chi connectivity index (χ1) is 10.3. The van der Waals surface area contributed by atoms with Crippen molar-refractivity contribution in [2.24, 2.45) is 0 Å². The predicted molar refractivity (Wildman–Crippen MR) is 84.9 cm³/mol. The lowest BCUT2D eigenvalue weighted by Crippen LogP contribution is -2.13. The van der Waals surface area contributed by atoms with Gasteiger partial charge in [-0.3, -0.25) is 9.67 Å². The molecule has 2 heterocycles. The molecule has 0 unspecified atom stereocenters. The molecule has 4 nitrogen and oxygen atoms in total. The van der Waals surface area contributed by atoms with Crippen LogP contribution in [0.2, 0.25) is 0 Å². The number of nitrogens with one attached hydrogen (secondary N) is 1. The highest BCUT2D eigenvalue weighted by Crippen LogP contribution is 2.18. The summed E-state index contributed by atoms with van der Waals surface area (Å²) in [6.07, 6.45) is 1.92. The summed E-state index contributed by atoms with van der Waals surface area (Å²) in [6, 6.07) is 12.5. The third-order valence-corrected chi connectivity index (χ3v) is 3.63. The Labute approximate surface area is 124 Å². The first-order valence-corrected chi connectivity index (χ1v) is 7.34. The predicted octanol–water partition coefficient (Wildman–Crippen LogP) is 3.05. The van der Waals surface area contributed by atoms with Gasteiger partial charge in [0, 0.05) is 36.9 Å². The first-order valence-electron chi connectivity index (χ1n) is 7.34. The van der Waals surface area contributed by atoms with Crippen molar-refractivity contribution < 1.29 is 0 Å². The van der Waals surface area contributed by atoms with Crippen molar-refractivity contribution in [2.45, 2.75) is 33.5 Å². The van der Waals surface area contributed by atoms with Crippen molar-refractivity contribution >= 4 is 10.9 Å². The van der Waals surface area contributed by atoms with E-state index in [0.717, 1.165) is 31.0 Å². The molecule has 1 aromatic carbocycles. The molecule has 4 heteroatoms. The third kappa shape index (κ3) is 2.95. The molecule has 0 aliphatic rings. The lowest BCUT2D eigenvalue weighted by Gasteiger charge is -2.03. The van der Waals surface area contributed by atoms with Crippen LogP contribution in [0.25, 0.3) is 10.9 Å². The average molecular weight is 280 g/mol. The first kappa shape index (κ1) is 13.8. The van der Waals surface area contributed by atoms with Gasteiger partial charge in [0.05, 0.1) is 11.2 Å². The fourth-order valence-electron chi connectivity index (χ4n) is 2.50. The molecule has 0 saturated heterocycles. The van der Waals surface area contributed by atoms with Gasteiger partial charge in [-0.05, 0) is 31.5 Å². The molecular weight excluding hydrogens is 260 g/mol. The fraction of sp³-hybridized carbons (Fsp3) is 0.294. The zero-order chi connectivity index (χ0) is 14.7. The van der Waals surface area contributed by atoms with Gasteiger partial charge in [0.25, 0.3) is 0 Å². The van der Waals surface area contributed by atoms with Crippen LogP contribution in [0.1, 0.15) is 23.9 Å². The summed E-state index contributed by atoms with van der Waals surface area (Å²) in [5.41, 5.74) is 4.55. The van der Waals surface area contributed by atoms with Gasteiger partial charge in [-0.1, -0.05) is 24.3 Å². The molecule has 0 radical (unpaired) electrons. The van der Waals surface area contributed by atoms with Crippen LogP contribution in [-0.2, 0) is 19.6 Å². The zero-order valence-electron chi connectivity index (χ0n) is 12.5. The minimum atomic E-state index is 0.765. The van der Waals surface area contributed by atoms with Crippen molar-refractivity contribution in [2.75, 3.05) is 0 Å². The van der Waals surface area contributed by atoms with Gasteiger partial charge in [-0.15, -0.1) is 0 Å². The molecule has 3 rings (SSSR count). The molecule has 0 spiro atoms. The Balaban J connectivity index is 1.72. The van der Waals surface area contributed by atoms with E-state index < -0.39 is 0 Å². The monoisotopic (exact) mass is 280 g/mol. The van der Waals surface area contributed by atoms with Gasteiger partial charge in [0.15, 0.2) is 0 Å². The number of benzene rings is 1. The van der Waals surface area contributed by atoms with Gasteiger partial charge in [0.1, 0.15) is 0 Å². The Bertz CT molecular complexity index is 728. The van der Waals surface area contributed by atoms with Crippen LogP contribution in [0.4, 0.5) is 0 Å². The quantitative estimate of drug-likeness (QED) is 0.781. The Hall–Kier alpha value is -2.20. The van der Waals surface area contributed by atoms with Crippen LogP contribution in [0.5, 0.6) is 0 Å². The van der Waals surface area contributed by atoms with E-state index in [1.807, 2.05) is 19.2 Å². The molecular formula is C17H20N4. The Morgan fingerprint density at radius 2 is 1.95 bits per heavy atom. The smallest absolute Gasteiger partial charge is 0.0841 e. The summed E-state index contributed by atoms with van der Waals surface area (Å²) in [6.45, 7) is 6.58. The van der Waals surface area contributed by atoms with Crippen LogP contribution in [-0.4, -0.2) is 14.8 Å². The third-order valence-electron chi connectivity index (χ3n) is 3.63. The fourth-order valence-corrected chi connectivity index (χ4v) is 2.50. The molecule has 0 fully saturated rings. The van der Waals surface area contributed by atoms with E-state index in [2.05, 4.69) is 52.2 Å². The van der Waals surface area contributed by atoms with Crippen molar-refractivity contribution in [1.29, 1.82) is 0 Å². The van der Waals surface area contributed by atoms with E-state index in [-0.39, 0.29) is 0 Å². The normalized spacial score (nSPS) is 11.1. The highest BCUT2D eigenvalue weighted by Gasteiger charge is 2.08. The summed E-state index contributed by atoms with van der Waals surface area (Å²) < 4.78 is 2.06. The molecule has 0 saturated carbocycles. The maximum Gasteiger partial charge on any atom is 0.0841 e. The van der Waals surface area contributed by atoms with E-state index in [9.17, 15) is 0 Å². The van der Waals surface area contributed by atoms with Crippen molar-refractivity contribution in [3.05, 3.63) is 59.5 Å². The second-order valence-electron chi connectivity index (χ2n) is 5.19. The highest BCUT2D eigenvalue weighted by atomic mass is 15.3. The number of rotatable bonds is 5. The maximum atomic E-state index is 4.69. The number of fused-ring (bicyclic) bond motifs is 1. The number of aromatic nitrogens is 3. The molecule has 0 bridgehead atoms. The minimum absolute atomic E-state index is 0.765. The summed E-state index contributed by atoms with van der Waals surface area (Å²) in [5, 5.41) is 9.37. The van der Waals surface area contributed by atoms with Crippen molar-refractivity contribution in [3.63, 3.8) is 0 Å². The number of pyridine rings is 1. The molecule has 2 aromatic heterocycles. The number of aryl methyl sites for hydroxylation is 2. The molecule has 1 N–H and O–H groups in total. The Kier molecular flexibility index (Phi) is 3.97. The zero-order valence-corrected chi connectivity index (χ0v) is 12.5. The van der Waals surface area contributed by atoms with E-state index in [1.54, 1.807) is 0 Å². The number of nitrogens with zero attached hydrogens (tertiary/aromatic N) is 3. The molecule has 0 aliphatic carbocycles. The van der Waals surface area contributed by atoms with Gasteiger partial charge < -0.3 is 5.32 Å². The minimum Gasteiger partial charge on any atom is -0.307 e. The lowest BCUT2D eigenvalue weighted by atomic mass is 10.2. The second kappa shape index (κ2) is 6.06. The van der Waals surface area contributed by atoms with Crippen molar-refractivity contribution in [3.8, 4) is 0 Å². The molecule has 0 atom stereocenters. The SMILES string of the molecule is CCn1nc(CNCc2ccc(C)nc2)c2ccccc21. The van der Waals surface area contributed by atoms with E-state index in [4.69, 9.17) is 5.10 Å². The summed E-state index contributed by atoms with van der Waals surface area (Å²) >= 11 is 0. The largest absolute Gasteiger partial charge is 0.307 e. The molecule has 108 valence electrons. The van der Waals surface area contributed by atoms with Crippen LogP contribution in [0, 0.1) is 6.92 Å². The number of para-hydroxylation sites is 1. The number of hydrogen-bond acceptors (Lipinski definition) is 3. The number of hydrogen-bond donors (Lipinski definition) is 1. The summed E-state index contributed by atoms with van der Waals surface area (Å²) in [5.74, 6) is 0. The van der Waals surface area contributed by atoms with Crippen LogP contribution >= 0.6 is 0 Å². The van der Waals surface area contributed by atoms with E-state index in [0.29, 0.717) is 0 Å². The Morgan fingerprint density at radius 1 is 1.10 bits per heavy atom. The maximum absolute atomic E-state index is 4.69. The second-order valence-corrected chi connectivity index (χ2v) is 5.19. The molecule has 0 amide bonds. The molecule has 21 heavy (non-hydrogen) atoms. The van der Waals surface area contributed by atoms with E-state index >= 15 is 0 Å². The summed E-state index contributed by atoms with van der Waals surface area (Å²) in [4.78, 5) is 4.31. The van der Waals surface area contributed by atoms with Gasteiger partial charge >= 0.3 is 0 Å². The highest BCUT2D eigenvalue weighted by molar-refractivity contribution is 5.81. The van der Waals surface area contributed by atoms with E-state index in [1.165, 1.54) is 16.5 Å². The molecule has 0 aliphatic heterocycles. The van der Waals surface area contributed by atoms with Gasteiger partial charge in [-0.2, -0.15) is 5.10 Å². The lowest BCUT2D eigenvalue weighted by molar-refractivity contribution is 0.631. The van der Waals surface area contributed by atoms with Crippen LogP contribution < -0.4 is 5.32 Å². The van der Waals surface area contributed by atoms with Crippen molar-refractivity contribution in [1.82, 2.24) is 20.1 Å². The summed E-state index contributed by atoms with van der Waals surface area (Å²) in [7, 11) is 0. The van der Waals surface area contributed by atoms with Crippen LogP contribution in [0.3, 0.4) is 0 Å². The van der Waals surface area contributed by atoms with Gasteiger partial charge in [-0.25, -0.2) is 0 Å². The Morgan fingerprint density at radius 3 is 2.71 bits per heavy atom. The topological polar surface area (TPSA) is 42.7 Å².